The van der Waals surface area contributed by atoms with Crippen LogP contribution in [0.25, 0.3) is 0 Å². The predicted octanol–water partition coefficient (Wildman–Crippen LogP) is 4.09. The van der Waals surface area contributed by atoms with E-state index in [1.165, 1.54) is 14.2 Å². The molecule has 0 radical (unpaired) electrons. The summed E-state index contributed by atoms with van der Waals surface area (Å²) in [5.41, 5.74) is 3.58. The molecular formula is C25H25N3O5. The van der Waals surface area contributed by atoms with Gasteiger partial charge >= 0.3 is 5.97 Å². The molecule has 0 spiro atoms. The molecule has 8 heteroatoms. The summed E-state index contributed by atoms with van der Waals surface area (Å²) in [5.74, 6) is -0.387. The number of nitrogens with one attached hydrogen (secondary N) is 3. The van der Waals surface area contributed by atoms with Crippen molar-refractivity contribution in [2.24, 2.45) is 0 Å². The molecule has 0 saturated heterocycles. The molecule has 0 saturated carbocycles. The molecule has 0 unspecified atom stereocenters. The van der Waals surface area contributed by atoms with Gasteiger partial charge in [-0.1, -0.05) is 12.1 Å². The van der Waals surface area contributed by atoms with Gasteiger partial charge in [-0.25, -0.2) is 4.79 Å². The fraction of sp³-hybridized carbons (Fsp3) is 0.160. The highest BCUT2D eigenvalue weighted by molar-refractivity contribution is 6.05. The third kappa shape index (κ3) is 6.10. The number of hydrogen-bond donors (Lipinski definition) is 3. The highest BCUT2D eigenvalue weighted by Crippen LogP contribution is 2.24. The maximum Gasteiger partial charge on any atom is 0.337 e. The molecule has 8 nitrogen and oxygen atoms in total. The van der Waals surface area contributed by atoms with Crippen LogP contribution in [0.2, 0.25) is 0 Å². The summed E-state index contributed by atoms with van der Waals surface area (Å²) in [7, 11) is 2.86. The number of carbonyl (C=O) groups is 3. The number of carbonyl (C=O) groups excluding carboxylic acids is 3. The Balaban J connectivity index is 1.55. The Kier molecular flexibility index (Phi) is 7.64. The molecule has 0 aliphatic rings. The van der Waals surface area contributed by atoms with Crippen LogP contribution >= 0.6 is 0 Å². The van der Waals surface area contributed by atoms with Gasteiger partial charge in [0.1, 0.15) is 5.75 Å². The molecule has 3 aromatic rings. The normalized spacial score (nSPS) is 10.2. The van der Waals surface area contributed by atoms with Crippen LogP contribution in [0.3, 0.4) is 0 Å². The number of benzene rings is 3. The van der Waals surface area contributed by atoms with Crippen molar-refractivity contribution in [2.45, 2.75) is 6.92 Å². The molecule has 0 fully saturated rings. The summed E-state index contributed by atoms with van der Waals surface area (Å²) >= 11 is 0. The van der Waals surface area contributed by atoms with Gasteiger partial charge in [0.25, 0.3) is 5.91 Å². The van der Waals surface area contributed by atoms with Crippen LogP contribution < -0.4 is 20.7 Å². The first-order valence-electron chi connectivity index (χ1n) is 10.2. The quantitative estimate of drug-likeness (QED) is 0.449. The summed E-state index contributed by atoms with van der Waals surface area (Å²) < 4.78 is 9.94. The largest absolute Gasteiger partial charge is 0.495 e. The molecule has 0 heterocycles. The number of amides is 2. The summed E-state index contributed by atoms with van der Waals surface area (Å²) in [6, 6.07) is 18.8. The molecule has 0 bridgehead atoms. The summed E-state index contributed by atoms with van der Waals surface area (Å²) in [4.78, 5) is 36.4. The van der Waals surface area contributed by atoms with Gasteiger partial charge in [0.15, 0.2) is 0 Å². The lowest BCUT2D eigenvalue weighted by Crippen LogP contribution is -2.22. The number of ether oxygens (including phenoxy) is 2. The number of hydrogen-bond acceptors (Lipinski definition) is 6. The van der Waals surface area contributed by atoms with Crippen LogP contribution in [-0.2, 0) is 9.53 Å². The lowest BCUT2D eigenvalue weighted by atomic mass is 10.1. The zero-order chi connectivity index (χ0) is 23.8. The van der Waals surface area contributed by atoms with Crippen molar-refractivity contribution in [2.75, 3.05) is 36.7 Å². The number of para-hydroxylation sites is 2. The lowest BCUT2D eigenvalue weighted by Gasteiger charge is -2.12. The highest BCUT2D eigenvalue weighted by Gasteiger charge is 2.11. The standard InChI is InChI=1S/C25H25N3O5/c1-16-14-18(25(31)33-3)10-13-20(16)26-15-23(29)27-19-11-8-17(9-12-19)24(30)28-21-6-4-5-7-22(21)32-2/h4-14,26H,15H2,1-3H3,(H,27,29)(H,28,30). The topological polar surface area (TPSA) is 106 Å². The van der Waals surface area contributed by atoms with E-state index in [1.54, 1.807) is 60.7 Å². The second-order valence-corrected chi connectivity index (χ2v) is 7.15. The van der Waals surface area contributed by atoms with Crippen LogP contribution in [0.4, 0.5) is 17.1 Å². The maximum atomic E-state index is 12.5. The maximum absolute atomic E-state index is 12.5. The van der Waals surface area contributed by atoms with E-state index in [-0.39, 0.29) is 18.4 Å². The fourth-order valence-corrected chi connectivity index (χ4v) is 3.13. The minimum Gasteiger partial charge on any atom is -0.495 e. The lowest BCUT2D eigenvalue weighted by molar-refractivity contribution is -0.114. The second kappa shape index (κ2) is 10.8. The van der Waals surface area contributed by atoms with Gasteiger partial charge in [-0.3, -0.25) is 9.59 Å². The van der Waals surface area contributed by atoms with Crippen LogP contribution in [0.5, 0.6) is 5.75 Å². The SMILES string of the molecule is COC(=O)c1ccc(NCC(=O)Nc2ccc(C(=O)Nc3ccccc3OC)cc2)c(C)c1. The number of anilines is 3. The Morgan fingerprint density at radius 3 is 2.18 bits per heavy atom. The molecule has 0 aliphatic heterocycles. The minimum atomic E-state index is -0.414. The molecule has 3 aromatic carbocycles. The first kappa shape index (κ1) is 23.3. The van der Waals surface area contributed by atoms with E-state index < -0.39 is 5.97 Å². The monoisotopic (exact) mass is 447 g/mol. The number of methoxy groups -OCH3 is 2. The molecule has 0 aliphatic carbocycles. The fourth-order valence-electron chi connectivity index (χ4n) is 3.13. The summed E-state index contributed by atoms with van der Waals surface area (Å²) in [5, 5.41) is 8.63. The Labute approximate surface area is 191 Å². The second-order valence-electron chi connectivity index (χ2n) is 7.15. The zero-order valence-corrected chi connectivity index (χ0v) is 18.6. The summed E-state index contributed by atoms with van der Waals surface area (Å²) in [6.45, 7) is 1.87. The third-order valence-corrected chi connectivity index (χ3v) is 4.87. The first-order valence-corrected chi connectivity index (χ1v) is 10.2. The average Bonchev–Trinajstić information content (AvgIpc) is 2.83. The predicted molar refractivity (Wildman–Crippen MR) is 127 cm³/mol. The van der Waals surface area contributed by atoms with Gasteiger partial charge in [0, 0.05) is 16.9 Å². The molecule has 0 atom stereocenters. The smallest absolute Gasteiger partial charge is 0.337 e. The molecule has 33 heavy (non-hydrogen) atoms. The molecule has 0 aromatic heterocycles. The molecule has 170 valence electrons. The van der Waals surface area contributed by atoms with Crippen molar-refractivity contribution < 1.29 is 23.9 Å². The Morgan fingerprint density at radius 1 is 0.818 bits per heavy atom. The van der Waals surface area contributed by atoms with Gasteiger partial charge < -0.3 is 25.4 Å². The molecular weight excluding hydrogens is 422 g/mol. The molecule has 2 amide bonds. The minimum absolute atomic E-state index is 0.0362. The van der Waals surface area contributed by atoms with Gasteiger partial charge in [-0.05, 0) is 67.1 Å². The van der Waals surface area contributed by atoms with Gasteiger partial charge in [-0.15, -0.1) is 0 Å². The number of rotatable bonds is 8. The Morgan fingerprint density at radius 2 is 1.52 bits per heavy atom. The van der Waals surface area contributed by atoms with Crippen molar-refractivity contribution in [3.05, 3.63) is 83.4 Å². The first-order chi connectivity index (χ1) is 15.9. The van der Waals surface area contributed by atoms with E-state index in [0.717, 1.165) is 11.3 Å². The van der Waals surface area contributed by atoms with Crippen molar-refractivity contribution >= 4 is 34.8 Å². The van der Waals surface area contributed by atoms with Crippen molar-refractivity contribution in [1.29, 1.82) is 0 Å². The molecule has 3 N–H and O–H groups in total. The number of esters is 1. The van der Waals surface area contributed by atoms with Crippen molar-refractivity contribution in [3.8, 4) is 5.75 Å². The van der Waals surface area contributed by atoms with Crippen LogP contribution in [-0.4, -0.2) is 38.5 Å². The third-order valence-electron chi connectivity index (χ3n) is 4.87. The van der Waals surface area contributed by atoms with E-state index in [9.17, 15) is 14.4 Å². The van der Waals surface area contributed by atoms with Gasteiger partial charge in [0.05, 0.1) is 32.0 Å². The Hall–Kier alpha value is -4.33. The highest BCUT2D eigenvalue weighted by atomic mass is 16.5. The summed E-state index contributed by atoms with van der Waals surface area (Å²) in [6.07, 6.45) is 0. The zero-order valence-electron chi connectivity index (χ0n) is 18.6. The molecule has 3 rings (SSSR count). The van der Waals surface area contributed by atoms with E-state index in [0.29, 0.717) is 28.3 Å². The van der Waals surface area contributed by atoms with Crippen molar-refractivity contribution in [1.82, 2.24) is 0 Å². The van der Waals surface area contributed by atoms with Crippen LogP contribution in [0.1, 0.15) is 26.3 Å². The van der Waals surface area contributed by atoms with E-state index in [2.05, 4.69) is 16.0 Å². The van der Waals surface area contributed by atoms with E-state index in [4.69, 9.17) is 9.47 Å². The van der Waals surface area contributed by atoms with Crippen molar-refractivity contribution in [3.63, 3.8) is 0 Å². The van der Waals surface area contributed by atoms with Gasteiger partial charge in [-0.2, -0.15) is 0 Å². The van der Waals surface area contributed by atoms with Crippen LogP contribution in [0.15, 0.2) is 66.7 Å². The van der Waals surface area contributed by atoms with Crippen LogP contribution in [0, 0.1) is 6.92 Å². The van der Waals surface area contributed by atoms with E-state index >= 15 is 0 Å². The Bertz CT molecular complexity index is 1160. The average molecular weight is 447 g/mol. The number of aryl methyl sites for hydroxylation is 1. The van der Waals surface area contributed by atoms with E-state index in [1.807, 2.05) is 13.0 Å². The van der Waals surface area contributed by atoms with Gasteiger partial charge in [0.2, 0.25) is 5.91 Å².